The quantitative estimate of drug-likeness (QED) is 0.181. The molecule has 0 radical (unpaired) electrons. The van der Waals surface area contributed by atoms with E-state index in [1.54, 1.807) is 0 Å². The molecule has 0 aliphatic rings. The van der Waals surface area contributed by atoms with Crippen molar-refractivity contribution in [3.63, 3.8) is 0 Å². The van der Waals surface area contributed by atoms with Gasteiger partial charge in [0.15, 0.2) is 34.9 Å². The molecule has 0 bridgehead atoms. The smallest absolute Gasteiger partial charge is 0.164 e. The molecule has 7 heteroatoms. The van der Waals surface area contributed by atoms with Crippen LogP contribution >= 0.6 is 0 Å². The molecule has 9 rings (SSSR count). The SMILES string of the molecule is c1ccc(-c2nc(-c3ccccc3)nc(-c3ccc4c(c3)oc3cccc(-c5nc(-c6ccccc6)nc(-c6ccccc6)n5)c34)n2)cc1. The minimum atomic E-state index is 0.563. The normalized spacial score (nSPS) is 11.3. The Morgan fingerprint density at radius 1 is 0.306 bits per heavy atom. The number of aromatic nitrogens is 6. The number of hydrogen-bond donors (Lipinski definition) is 0. The van der Waals surface area contributed by atoms with Crippen molar-refractivity contribution < 1.29 is 4.42 Å². The summed E-state index contributed by atoms with van der Waals surface area (Å²) in [5.74, 6) is 3.56. The van der Waals surface area contributed by atoms with E-state index < -0.39 is 0 Å². The predicted octanol–water partition coefficient (Wildman–Crippen LogP) is 9.96. The maximum absolute atomic E-state index is 6.49. The highest BCUT2D eigenvalue weighted by Crippen LogP contribution is 2.38. The Labute approximate surface area is 281 Å². The first-order chi connectivity index (χ1) is 24.3. The second kappa shape index (κ2) is 12.1. The van der Waals surface area contributed by atoms with Crippen LogP contribution < -0.4 is 0 Å². The minimum absolute atomic E-state index is 0.563. The Bertz CT molecular complexity index is 2470. The maximum atomic E-state index is 6.49. The van der Waals surface area contributed by atoms with Crippen LogP contribution in [0.1, 0.15) is 0 Å². The lowest BCUT2D eigenvalue weighted by molar-refractivity contribution is 0.669. The van der Waals surface area contributed by atoms with Gasteiger partial charge in [0.05, 0.1) is 0 Å². The average molecular weight is 631 g/mol. The van der Waals surface area contributed by atoms with Crippen LogP contribution in [-0.4, -0.2) is 29.9 Å². The lowest BCUT2D eigenvalue weighted by atomic mass is 10.0. The number of nitrogens with zero attached hydrogens (tertiary/aromatic N) is 6. The Kier molecular flexibility index (Phi) is 6.98. The fourth-order valence-electron chi connectivity index (χ4n) is 6.02. The molecule has 0 N–H and O–H groups in total. The van der Waals surface area contributed by atoms with Crippen molar-refractivity contribution in [1.82, 2.24) is 29.9 Å². The summed E-state index contributed by atoms with van der Waals surface area (Å²) >= 11 is 0. The van der Waals surface area contributed by atoms with Crippen LogP contribution in [0.5, 0.6) is 0 Å². The summed E-state index contributed by atoms with van der Waals surface area (Å²) in [5.41, 5.74) is 6.79. The Morgan fingerprint density at radius 3 is 1.16 bits per heavy atom. The highest BCUT2D eigenvalue weighted by atomic mass is 16.3. The van der Waals surface area contributed by atoms with Gasteiger partial charge >= 0.3 is 0 Å². The molecule has 0 fully saturated rings. The van der Waals surface area contributed by atoms with Crippen LogP contribution in [-0.2, 0) is 0 Å². The van der Waals surface area contributed by atoms with E-state index in [4.69, 9.17) is 34.3 Å². The molecule has 6 aromatic carbocycles. The Hall–Kier alpha value is -6.86. The van der Waals surface area contributed by atoms with Gasteiger partial charge in [0.2, 0.25) is 0 Å². The van der Waals surface area contributed by atoms with Crippen LogP contribution in [0.3, 0.4) is 0 Å². The summed E-state index contributed by atoms with van der Waals surface area (Å²) < 4.78 is 6.49. The zero-order valence-electron chi connectivity index (χ0n) is 26.1. The van der Waals surface area contributed by atoms with E-state index >= 15 is 0 Å². The van der Waals surface area contributed by atoms with Gasteiger partial charge in [0.1, 0.15) is 11.2 Å². The zero-order valence-corrected chi connectivity index (χ0v) is 26.1. The van der Waals surface area contributed by atoms with Crippen molar-refractivity contribution in [1.29, 1.82) is 0 Å². The molecule has 9 aromatic rings. The zero-order chi connectivity index (χ0) is 32.6. The van der Waals surface area contributed by atoms with Gasteiger partial charge in [-0.3, -0.25) is 0 Å². The molecule has 0 unspecified atom stereocenters. The molecule has 49 heavy (non-hydrogen) atoms. The third-order valence-electron chi connectivity index (χ3n) is 8.39. The summed E-state index contributed by atoms with van der Waals surface area (Å²) in [6.45, 7) is 0. The summed E-state index contributed by atoms with van der Waals surface area (Å²) in [7, 11) is 0. The fourth-order valence-corrected chi connectivity index (χ4v) is 6.02. The molecular weight excluding hydrogens is 605 g/mol. The van der Waals surface area contributed by atoms with Crippen LogP contribution in [0.25, 0.3) is 90.3 Å². The predicted molar refractivity (Wildman–Crippen MR) is 193 cm³/mol. The molecule has 0 aliphatic heterocycles. The van der Waals surface area contributed by atoms with E-state index in [1.807, 2.05) is 152 Å². The number of rotatable bonds is 6. The van der Waals surface area contributed by atoms with Gasteiger partial charge in [-0.05, 0) is 18.2 Å². The summed E-state index contributed by atoms with van der Waals surface area (Å²) in [6, 6.07) is 51.9. The number of benzene rings is 6. The van der Waals surface area contributed by atoms with Crippen molar-refractivity contribution >= 4 is 21.9 Å². The van der Waals surface area contributed by atoms with Crippen molar-refractivity contribution in [3.05, 3.63) is 158 Å². The van der Waals surface area contributed by atoms with Crippen molar-refractivity contribution in [2.45, 2.75) is 0 Å². The van der Waals surface area contributed by atoms with Crippen molar-refractivity contribution in [2.75, 3.05) is 0 Å². The standard InChI is InChI=1S/C42H26N6O/c1-5-14-27(15-6-1)37-43-38(28-16-7-2-8-17-28)46-41(45-37)31-24-25-32-35(26-31)49-34-23-13-22-33(36(32)34)42-47-39(29-18-9-3-10-19-29)44-40(48-42)30-20-11-4-12-21-30/h1-26H. The first-order valence-electron chi connectivity index (χ1n) is 16.0. The van der Waals surface area contributed by atoms with E-state index in [-0.39, 0.29) is 0 Å². The van der Waals surface area contributed by atoms with E-state index in [1.165, 1.54) is 0 Å². The summed E-state index contributed by atoms with van der Waals surface area (Å²) in [6.07, 6.45) is 0. The van der Waals surface area contributed by atoms with Gasteiger partial charge in [-0.2, -0.15) is 0 Å². The average Bonchev–Trinajstić information content (AvgIpc) is 3.57. The number of fused-ring (bicyclic) bond motifs is 3. The number of furan rings is 1. The molecule has 0 amide bonds. The lowest BCUT2D eigenvalue weighted by Gasteiger charge is -2.09. The van der Waals surface area contributed by atoms with Gasteiger partial charge in [0, 0.05) is 44.2 Å². The maximum Gasteiger partial charge on any atom is 0.164 e. The molecule has 0 saturated heterocycles. The van der Waals surface area contributed by atoms with Crippen LogP contribution in [0, 0.1) is 0 Å². The second-order valence-corrected chi connectivity index (χ2v) is 11.6. The van der Waals surface area contributed by atoms with Gasteiger partial charge in [-0.25, -0.2) is 29.9 Å². The minimum Gasteiger partial charge on any atom is -0.456 e. The fraction of sp³-hybridized carbons (Fsp3) is 0. The van der Waals surface area contributed by atoms with E-state index in [0.717, 1.165) is 49.7 Å². The van der Waals surface area contributed by atoms with Gasteiger partial charge in [0.25, 0.3) is 0 Å². The summed E-state index contributed by atoms with van der Waals surface area (Å²) in [4.78, 5) is 29.5. The molecular formula is C42H26N6O. The molecule has 230 valence electrons. The molecule has 3 heterocycles. The molecule has 0 spiro atoms. The van der Waals surface area contributed by atoms with E-state index in [9.17, 15) is 0 Å². The lowest BCUT2D eigenvalue weighted by Crippen LogP contribution is -2.00. The van der Waals surface area contributed by atoms with Gasteiger partial charge < -0.3 is 4.42 Å². The Balaban J connectivity index is 1.20. The van der Waals surface area contributed by atoms with Crippen LogP contribution in [0.15, 0.2) is 162 Å². The molecule has 0 atom stereocenters. The monoisotopic (exact) mass is 630 g/mol. The van der Waals surface area contributed by atoms with Crippen molar-refractivity contribution in [2.24, 2.45) is 0 Å². The highest BCUT2D eigenvalue weighted by molar-refractivity contribution is 6.12. The molecule has 0 aliphatic carbocycles. The van der Waals surface area contributed by atoms with Crippen molar-refractivity contribution in [3.8, 4) is 68.3 Å². The third kappa shape index (κ3) is 5.39. The first-order valence-corrected chi connectivity index (χ1v) is 16.0. The third-order valence-corrected chi connectivity index (χ3v) is 8.39. The van der Waals surface area contributed by atoms with E-state index in [0.29, 0.717) is 40.5 Å². The van der Waals surface area contributed by atoms with Crippen LogP contribution in [0.2, 0.25) is 0 Å². The summed E-state index contributed by atoms with van der Waals surface area (Å²) in [5, 5.41) is 1.87. The van der Waals surface area contributed by atoms with Gasteiger partial charge in [-0.15, -0.1) is 0 Å². The molecule has 3 aromatic heterocycles. The van der Waals surface area contributed by atoms with E-state index in [2.05, 4.69) is 6.07 Å². The highest BCUT2D eigenvalue weighted by Gasteiger charge is 2.19. The largest absolute Gasteiger partial charge is 0.456 e. The first kappa shape index (κ1) is 28.4. The van der Waals surface area contributed by atoms with Crippen LogP contribution in [0.4, 0.5) is 0 Å². The second-order valence-electron chi connectivity index (χ2n) is 11.6. The molecule has 0 saturated carbocycles. The topological polar surface area (TPSA) is 90.5 Å². The Morgan fingerprint density at radius 2 is 0.714 bits per heavy atom. The van der Waals surface area contributed by atoms with Gasteiger partial charge in [-0.1, -0.05) is 140 Å². The molecule has 7 nitrogen and oxygen atoms in total. The number of hydrogen-bond acceptors (Lipinski definition) is 7.